The number of ketones is 1. The molecular weight excluding hydrogens is 415 g/mol. The first-order valence-corrected chi connectivity index (χ1v) is 13.3. The molecule has 2 aromatic rings. The molecule has 2 unspecified atom stereocenters. The van der Waals surface area contributed by atoms with E-state index in [9.17, 15) is 4.79 Å². The second kappa shape index (κ2) is 9.96. The lowest BCUT2D eigenvalue weighted by Gasteiger charge is -2.46. The highest BCUT2D eigenvalue weighted by molar-refractivity contribution is 7.68. The number of hydrogen-bond acceptors (Lipinski definition) is 3. The van der Waals surface area contributed by atoms with E-state index >= 15 is 0 Å². The molecule has 3 rings (SSSR count). The smallest absolute Gasteiger partial charge is 0.134 e. The van der Waals surface area contributed by atoms with Crippen molar-refractivity contribution in [2.45, 2.75) is 91.3 Å². The molecule has 1 saturated heterocycles. The largest absolute Gasteiger partial charge is 0.490 e. The molecule has 32 heavy (non-hydrogen) atoms. The Morgan fingerprint density at radius 3 is 1.97 bits per heavy atom. The van der Waals surface area contributed by atoms with E-state index < -0.39 is 7.92 Å². The fourth-order valence-corrected chi connectivity index (χ4v) is 8.76. The zero-order valence-corrected chi connectivity index (χ0v) is 21.8. The standard InChI is InChI=1S/C28H39O3P/c1-18(2)26-16-21(29)17-28(7,8)32(26)25-15-10-9-12-22(25)27-23(30-19(3)4)13-11-14-24(27)31-20(5)6/h9-15,18-20,26H,16-17H2,1-8H3. The van der Waals surface area contributed by atoms with Gasteiger partial charge < -0.3 is 9.47 Å². The molecule has 2 aromatic carbocycles. The van der Waals surface area contributed by atoms with Gasteiger partial charge in [0, 0.05) is 12.8 Å². The lowest BCUT2D eigenvalue weighted by molar-refractivity contribution is -0.120. The van der Waals surface area contributed by atoms with Crippen LogP contribution in [-0.4, -0.2) is 28.8 Å². The predicted molar refractivity (Wildman–Crippen MR) is 137 cm³/mol. The average Bonchev–Trinajstić information content (AvgIpc) is 2.66. The molecule has 0 radical (unpaired) electrons. The quantitative estimate of drug-likeness (QED) is 0.415. The lowest BCUT2D eigenvalue weighted by Crippen LogP contribution is -2.40. The van der Waals surface area contributed by atoms with E-state index in [0.29, 0.717) is 30.2 Å². The van der Waals surface area contributed by atoms with Crippen LogP contribution in [0.15, 0.2) is 42.5 Å². The summed E-state index contributed by atoms with van der Waals surface area (Å²) in [6, 6.07) is 14.8. The lowest BCUT2D eigenvalue weighted by atomic mass is 9.97. The van der Waals surface area contributed by atoms with Crippen molar-refractivity contribution >= 4 is 19.0 Å². The molecule has 2 atom stereocenters. The molecule has 1 fully saturated rings. The number of ether oxygens (including phenoxy) is 2. The highest BCUT2D eigenvalue weighted by Crippen LogP contribution is 2.62. The third-order valence-electron chi connectivity index (χ3n) is 5.97. The number of benzene rings is 2. The Morgan fingerprint density at radius 2 is 1.44 bits per heavy atom. The summed E-state index contributed by atoms with van der Waals surface area (Å²) in [6.45, 7) is 17.3. The summed E-state index contributed by atoms with van der Waals surface area (Å²) in [6.07, 6.45) is 1.46. The topological polar surface area (TPSA) is 35.5 Å². The number of carbonyl (C=O) groups is 1. The minimum Gasteiger partial charge on any atom is -0.490 e. The molecule has 0 saturated carbocycles. The maximum absolute atomic E-state index is 12.6. The van der Waals surface area contributed by atoms with Gasteiger partial charge in [-0.1, -0.05) is 65.9 Å². The Bertz CT molecular complexity index is 917. The summed E-state index contributed by atoms with van der Waals surface area (Å²) in [7, 11) is -0.581. The van der Waals surface area contributed by atoms with E-state index in [-0.39, 0.29) is 17.4 Å². The van der Waals surface area contributed by atoms with Gasteiger partial charge in [-0.15, -0.1) is 0 Å². The summed E-state index contributed by atoms with van der Waals surface area (Å²) in [4.78, 5) is 12.6. The van der Waals surface area contributed by atoms with Gasteiger partial charge in [0.05, 0.1) is 17.8 Å². The summed E-state index contributed by atoms with van der Waals surface area (Å²) in [5, 5.41) is 1.30. The first-order valence-electron chi connectivity index (χ1n) is 11.9. The maximum Gasteiger partial charge on any atom is 0.134 e. The van der Waals surface area contributed by atoms with Crippen molar-refractivity contribution in [1.82, 2.24) is 0 Å². The Labute approximate surface area is 195 Å². The monoisotopic (exact) mass is 454 g/mol. The predicted octanol–water partition coefficient (Wildman–Crippen LogP) is 7.20. The van der Waals surface area contributed by atoms with Gasteiger partial charge in [0.15, 0.2) is 0 Å². The molecule has 0 amide bonds. The molecule has 174 valence electrons. The van der Waals surface area contributed by atoms with Crippen molar-refractivity contribution in [3.63, 3.8) is 0 Å². The van der Waals surface area contributed by atoms with Gasteiger partial charge in [-0.2, -0.15) is 0 Å². The summed E-state index contributed by atoms with van der Waals surface area (Å²) in [5.41, 5.74) is 2.58. The number of carbonyl (C=O) groups excluding carboxylic acids is 1. The Balaban J connectivity index is 2.25. The van der Waals surface area contributed by atoms with E-state index in [1.54, 1.807) is 0 Å². The molecule has 0 spiro atoms. The molecule has 4 heteroatoms. The second-order valence-corrected chi connectivity index (χ2v) is 13.5. The molecule has 1 aliphatic rings. The average molecular weight is 455 g/mol. The van der Waals surface area contributed by atoms with Crippen molar-refractivity contribution in [2.24, 2.45) is 5.92 Å². The van der Waals surface area contributed by atoms with Crippen LogP contribution in [0.4, 0.5) is 0 Å². The van der Waals surface area contributed by atoms with Gasteiger partial charge in [0.25, 0.3) is 0 Å². The van der Waals surface area contributed by atoms with Crippen molar-refractivity contribution in [3.8, 4) is 22.6 Å². The number of Topliss-reactive ketones (excluding diaryl/α,β-unsaturated/α-hetero) is 1. The molecular formula is C28H39O3P. The fraction of sp³-hybridized carbons (Fsp3) is 0.536. The van der Waals surface area contributed by atoms with E-state index in [1.807, 2.05) is 18.2 Å². The second-order valence-electron chi connectivity index (χ2n) is 10.4. The number of rotatable bonds is 7. The normalized spacial score (nSPS) is 20.8. The molecule has 0 aliphatic carbocycles. The SMILES string of the molecule is CC(C)Oc1cccc(OC(C)C)c1-c1ccccc1P1C(C(C)C)CC(=O)CC1(C)C. The molecule has 0 aromatic heterocycles. The molecule has 0 N–H and O–H groups in total. The molecule has 3 nitrogen and oxygen atoms in total. The van der Waals surface area contributed by atoms with Crippen LogP contribution in [0.1, 0.15) is 68.2 Å². The van der Waals surface area contributed by atoms with Crippen LogP contribution in [0, 0.1) is 5.92 Å². The van der Waals surface area contributed by atoms with Crippen molar-refractivity contribution < 1.29 is 14.3 Å². The summed E-state index contributed by atoms with van der Waals surface area (Å²) in [5.74, 6) is 2.56. The number of hydrogen-bond donors (Lipinski definition) is 0. The zero-order chi connectivity index (χ0) is 23.6. The minimum atomic E-state index is -0.581. The van der Waals surface area contributed by atoms with E-state index in [2.05, 4.69) is 79.7 Å². The first-order chi connectivity index (χ1) is 15.0. The van der Waals surface area contributed by atoms with Gasteiger partial charge >= 0.3 is 0 Å². The van der Waals surface area contributed by atoms with E-state index in [1.165, 1.54) is 10.9 Å². The Hall–Kier alpha value is -1.86. The first kappa shape index (κ1) is 24.8. The van der Waals surface area contributed by atoms with Gasteiger partial charge in [-0.25, -0.2) is 0 Å². The van der Waals surface area contributed by atoms with Gasteiger partial charge in [0.2, 0.25) is 0 Å². The maximum atomic E-state index is 12.6. The van der Waals surface area contributed by atoms with Gasteiger partial charge in [-0.05, 0) is 67.4 Å². The van der Waals surface area contributed by atoms with Crippen LogP contribution in [0.25, 0.3) is 11.1 Å². The molecule has 1 aliphatic heterocycles. The van der Waals surface area contributed by atoms with E-state index in [0.717, 1.165) is 17.1 Å². The van der Waals surface area contributed by atoms with Gasteiger partial charge in [0.1, 0.15) is 17.3 Å². The van der Waals surface area contributed by atoms with Crippen molar-refractivity contribution in [2.75, 3.05) is 0 Å². The van der Waals surface area contributed by atoms with Gasteiger partial charge in [-0.3, -0.25) is 4.79 Å². The fourth-order valence-electron chi connectivity index (χ4n) is 4.83. The zero-order valence-electron chi connectivity index (χ0n) is 20.9. The van der Waals surface area contributed by atoms with E-state index in [4.69, 9.17) is 9.47 Å². The molecule has 1 heterocycles. The van der Waals surface area contributed by atoms with Crippen LogP contribution < -0.4 is 14.8 Å². The van der Waals surface area contributed by atoms with Crippen LogP contribution in [0.2, 0.25) is 0 Å². The Morgan fingerprint density at radius 1 is 0.875 bits per heavy atom. The summed E-state index contributed by atoms with van der Waals surface area (Å²) < 4.78 is 12.6. The molecule has 0 bridgehead atoms. The highest BCUT2D eigenvalue weighted by Gasteiger charge is 2.45. The highest BCUT2D eigenvalue weighted by atomic mass is 31.1. The minimum absolute atomic E-state index is 0.0530. The Kier molecular flexibility index (Phi) is 7.71. The van der Waals surface area contributed by atoms with Crippen LogP contribution in [0.3, 0.4) is 0 Å². The van der Waals surface area contributed by atoms with Crippen molar-refractivity contribution in [1.29, 1.82) is 0 Å². The van der Waals surface area contributed by atoms with Crippen molar-refractivity contribution in [3.05, 3.63) is 42.5 Å². The third-order valence-corrected chi connectivity index (χ3v) is 9.78. The third kappa shape index (κ3) is 5.37. The summed E-state index contributed by atoms with van der Waals surface area (Å²) >= 11 is 0. The van der Waals surface area contributed by atoms with Crippen LogP contribution in [-0.2, 0) is 4.79 Å². The van der Waals surface area contributed by atoms with Crippen LogP contribution >= 0.6 is 7.92 Å². The van der Waals surface area contributed by atoms with Crippen LogP contribution in [0.5, 0.6) is 11.5 Å².